The zero-order valence-electron chi connectivity index (χ0n) is 11.7. The molecule has 0 radical (unpaired) electrons. The van der Waals surface area contributed by atoms with Gasteiger partial charge in [0.1, 0.15) is 18.3 Å². The van der Waals surface area contributed by atoms with Crippen LogP contribution in [0, 0.1) is 0 Å². The number of ether oxygens (including phenoxy) is 2. The number of aliphatic hydroxyl groups excluding tert-OH is 4. The fourth-order valence-electron chi connectivity index (χ4n) is 2.82. The Morgan fingerprint density at radius 2 is 1.62 bits per heavy atom. The van der Waals surface area contributed by atoms with Crippen LogP contribution in [-0.2, 0) is 9.47 Å². The minimum absolute atomic E-state index is 0.0483. The highest BCUT2D eigenvalue weighted by Crippen LogP contribution is 2.27. The van der Waals surface area contributed by atoms with Crippen molar-refractivity contribution in [2.75, 3.05) is 6.54 Å². The van der Waals surface area contributed by atoms with Crippen molar-refractivity contribution in [1.29, 1.82) is 0 Å². The second-order valence-electron chi connectivity index (χ2n) is 5.79. The third kappa shape index (κ3) is 3.52. The molecule has 9 nitrogen and oxygen atoms in total. The van der Waals surface area contributed by atoms with E-state index in [-0.39, 0.29) is 19.4 Å². The molecule has 21 heavy (non-hydrogen) atoms. The van der Waals surface area contributed by atoms with Crippen LogP contribution in [0.25, 0.3) is 0 Å². The maximum atomic E-state index is 10.0. The Kier molecular flexibility index (Phi) is 5.52. The van der Waals surface area contributed by atoms with Crippen LogP contribution in [0.15, 0.2) is 0 Å². The highest BCUT2D eigenvalue weighted by Gasteiger charge is 2.45. The van der Waals surface area contributed by atoms with E-state index in [2.05, 4.69) is 0 Å². The third-order valence-electron chi connectivity index (χ3n) is 4.15. The van der Waals surface area contributed by atoms with Gasteiger partial charge in [0, 0.05) is 25.0 Å². The summed E-state index contributed by atoms with van der Waals surface area (Å²) in [5, 5.41) is 39.4. The van der Waals surface area contributed by atoms with E-state index in [1.807, 2.05) is 0 Å². The van der Waals surface area contributed by atoms with E-state index in [4.69, 9.17) is 26.7 Å². The van der Waals surface area contributed by atoms with Crippen LogP contribution in [-0.4, -0.2) is 82.0 Å². The lowest BCUT2D eigenvalue weighted by Crippen LogP contribution is -2.64. The van der Waals surface area contributed by atoms with Gasteiger partial charge in [-0.15, -0.1) is 0 Å². The summed E-state index contributed by atoms with van der Waals surface area (Å²) in [7, 11) is 0. The predicted octanol–water partition coefficient (Wildman–Crippen LogP) is -4.05. The van der Waals surface area contributed by atoms with Gasteiger partial charge < -0.3 is 47.1 Å². The van der Waals surface area contributed by atoms with Gasteiger partial charge >= 0.3 is 0 Å². The summed E-state index contributed by atoms with van der Waals surface area (Å²) in [6.07, 6.45) is -6.73. The van der Waals surface area contributed by atoms with Gasteiger partial charge in [0.05, 0.1) is 18.3 Å². The molecule has 9 heteroatoms. The summed E-state index contributed by atoms with van der Waals surface area (Å²) in [5.74, 6) is 0. The molecular formula is C12H25N3O6. The van der Waals surface area contributed by atoms with Crippen LogP contribution >= 0.6 is 0 Å². The van der Waals surface area contributed by atoms with Gasteiger partial charge in [-0.1, -0.05) is 0 Å². The summed E-state index contributed by atoms with van der Waals surface area (Å²) in [6, 6.07) is -1.23. The minimum Gasteiger partial charge on any atom is -0.390 e. The molecule has 2 rings (SSSR count). The van der Waals surface area contributed by atoms with E-state index in [1.54, 1.807) is 0 Å². The van der Waals surface area contributed by atoms with Gasteiger partial charge in [-0.05, 0) is 6.42 Å². The Bertz CT molecular complexity index is 349. The Balaban J connectivity index is 2.02. The molecule has 0 aromatic carbocycles. The molecule has 0 spiro atoms. The summed E-state index contributed by atoms with van der Waals surface area (Å²) >= 11 is 0. The van der Waals surface area contributed by atoms with Crippen LogP contribution in [0.1, 0.15) is 12.8 Å². The van der Waals surface area contributed by atoms with Crippen molar-refractivity contribution < 1.29 is 29.9 Å². The molecule has 124 valence electrons. The van der Waals surface area contributed by atoms with Crippen LogP contribution in [0.4, 0.5) is 0 Å². The topological polar surface area (TPSA) is 177 Å². The van der Waals surface area contributed by atoms with Gasteiger partial charge in [0.25, 0.3) is 0 Å². The SMILES string of the molecule is NCC1OC(OC2C(N)CC(N)C(O)C2O)C(O)CC1O. The van der Waals surface area contributed by atoms with E-state index in [0.29, 0.717) is 0 Å². The number of aliphatic hydroxyl groups is 4. The Hall–Kier alpha value is -0.360. The van der Waals surface area contributed by atoms with E-state index >= 15 is 0 Å². The molecule has 9 atom stereocenters. The smallest absolute Gasteiger partial charge is 0.184 e. The number of hydrogen-bond donors (Lipinski definition) is 7. The molecule has 1 heterocycles. The number of rotatable bonds is 3. The lowest BCUT2D eigenvalue weighted by molar-refractivity contribution is -0.294. The number of nitrogens with two attached hydrogens (primary N) is 3. The number of hydrogen-bond acceptors (Lipinski definition) is 9. The molecule has 10 N–H and O–H groups in total. The first-order chi connectivity index (χ1) is 9.85. The largest absolute Gasteiger partial charge is 0.390 e. The molecule has 2 aliphatic rings. The molecule has 9 unspecified atom stereocenters. The quantitative estimate of drug-likeness (QED) is 0.273. The standard InChI is InChI=1S/C12H25N3O6/c13-3-8-6(16)2-7(17)12(20-8)21-11-5(15)1-4(14)9(18)10(11)19/h4-12,16-19H,1-3,13-15H2. The van der Waals surface area contributed by atoms with Crippen molar-refractivity contribution in [2.45, 2.75) is 67.8 Å². The Morgan fingerprint density at radius 3 is 2.24 bits per heavy atom. The van der Waals surface area contributed by atoms with Crippen LogP contribution < -0.4 is 17.2 Å². The second kappa shape index (κ2) is 6.82. The monoisotopic (exact) mass is 307 g/mol. The van der Waals surface area contributed by atoms with E-state index in [1.165, 1.54) is 0 Å². The van der Waals surface area contributed by atoms with Crippen molar-refractivity contribution in [3.8, 4) is 0 Å². The summed E-state index contributed by atoms with van der Waals surface area (Å²) < 4.78 is 10.9. The minimum atomic E-state index is -1.28. The predicted molar refractivity (Wildman–Crippen MR) is 71.8 cm³/mol. The lowest BCUT2D eigenvalue weighted by Gasteiger charge is -2.44. The van der Waals surface area contributed by atoms with Crippen LogP contribution in [0.5, 0.6) is 0 Å². The molecule has 1 aliphatic carbocycles. The van der Waals surface area contributed by atoms with Crippen molar-refractivity contribution in [3.05, 3.63) is 0 Å². The zero-order chi connectivity index (χ0) is 15.7. The molecule has 0 amide bonds. The van der Waals surface area contributed by atoms with Gasteiger partial charge in [-0.2, -0.15) is 0 Å². The molecule has 1 saturated carbocycles. The van der Waals surface area contributed by atoms with Gasteiger partial charge in [0.15, 0.2) is 6.29 Å². The van der Waals surface area contributed by atoms with Crippen molar-refractivity contribution in [1.82, 2.24) is 0 Å². The Morgan fingerprint density at radius 1 is 0.952 bits per heavy atom. The molecule has 1 saturated heterocycles. The average molecular weight is 307 g/mol. The molecule has 0 aromatic heterocycles. The molecule has 0 bridgehead atoms. The molecular weight excluding hydrogens is 282 g/mol. The maximum absolute atomic E-state index is 10.0. The first-order valence-corrected chi connectivity index (χ1v) is 7.09. The van der Waals surface area contributed by atoms with Crippen LogP contribution in [0.3, 0.4) is 0 Å². The first kappa shape index (κ1) is 17.0. The Labute approximate surface area is 122 Å². The summed E-state index contributed by atoms with van der Waals surface area (Å²) in [5.41, 5.74) is 17.0. The first-order valence-electron chi connectivity index (χ1n) is 7.09. The van der Waals surface area contributed by atoms with Crippen molar-refractivity contribution in [3.63, 3.8) is 0 Å². The third-order valence-corrected chi connectivity index (χ3v) is 4.15. The van der Waals surface area contributed by atoms with Crippen molar-refractivity contribution >= 4 is 0 Å². The van der Waals surface area contributed by atoms with Gasteiger partial charge in [0.2, 0.25) is 0 Å². The van der Waals surface area contributed by atoms with Crippen LogP contribution in [0.2, 0.25) is 0 Å². The average Bonchev–Trinajstić information content (AvgIpc) is 2.43. The fourth-order valence-corrected chi connectivity index (χ4v) is 2.82. The highest BCUT2D eigenvalue weighted by molar-refractivity contribution is 4.98. The van der Waals surface area contributed by atoms with Gasteiger partial charge in [-0.3, -0.25) is 0 Å². The van der Waals surface area contributed by atoms with E-state index in [0.717, 1.165) is 0 Å². The normalized spacial score (nSPS) is 51.9. The summed E-state index contributed by atoms with van der Waals surface area (Å²) in [6.45, 7) is 0.0700. The zero-order valence-corrected chi connectivity index (χ0v) is 11.7. The fraction of sp³-hybridized carbons (Fsp3) is 1.00. The van der Waals surface area contributed by atoms with E-state index in [9.17, 15) is 20.4 Å². The maximum Gasteiger partial charge on any atom is 0.184 e. The lowest BCUT2D eigenvalue weighted by atomic mass is 9.84. The highest BCUT2D eigenvalue weighted by atomic mass is 16.7. The van der Waals surface area contributed by atoms with E-state index < -0.39 is 55.0 Å². The molecule has 1 aliphatic heterocycles. The molecule has 0 aromatic rings. The molecule has 2 fully saturated rings. The second-order valence-corrected chi connectivity index (χ2v) is 5.79. The summed E-state index contributed by atoms with van der Waals surface area (Å²) in [4.78, 5) is 0. The van der Waals surface area contributed by atoms with Crippen molar-refractivity contribution in [2.24, 2.45) is 17.2 Å². The van der Waals surface area contributed by atoms with Gasteiger partial charge in [-0.25, -0.2) is 0 Å².